The van der Waals surface area contributed by atoms with Crippen LogP contribution in [0.4, 0.5) is 0 Å². The van der Waals surface area contributed by atoms with E-state index in [1.54, 1.807) is 0 Å². The van der Waals surface area contributed by atoms with Gasteiger partial charge in [-0.15, -0.1) is 0 Å². The summed E-state index contributed by atoms with van der Waals surface area (Å²) in [4.78, 5) is 2.58. The minimum atomic E-state index is 0.417. The van der Waals surface area contributed by atoms with Gasteiger partial charge in [0.05, 0.1) is 13.2 Å². The molecule has 10 heavy (non-hydrogen) atoms. The summed E-state index contributed by atoms with van der Waals surface area (Å²) in [6.07, 6.45) is 0. The lowest BCUT2D eigenvalue weighted by molar-refractivity contribution is 0.145. The van der Waals surface area contributed by atoms with Crippen LogP contribution in [0.5, 0.6) is 0 Å². The van der Waals surface area contributed by atoms with Gasteiger partial charge >= 0.3 is 0 Å². The second-order valence-electron chi connectivity index (χ2n) is 1.67. The molecule has 0 aliphatic carbocycles. The summed E-state index contributed by atoms with van der Waals surface area (Å²) >= 11 is 0. The van der Waals surface area contributed by atoms with Crippen molar-refractivity contribution in [2.24, 2.45) is 5.11 Å². The summed E-state index contributed by atoms with van der Waals surface area (Å²) in [6, 6.07) is 0. The van der Waals surface area contributed by atoms with E-state index < -0.39 is 0 Å². The maximum Gasteiger partial charge on any atom is 0.0590 e. The first-order valence-corrected chi connectivity index (χ1v) is 3.15. The standard InChI is InChI=1S/C5H12N4O/c1-7-2-4-10-5-3-8-9-6/h7H,2-5H2,1H3. The summed E-state index contributed by atoms with van der Waals surface area (Å²) in [6.45, 7) is 2.42. The zero-order valence-electron chi connectivity index (χ0n) is 6.08. The number of hydrogen-bond acceptors (Lipinski definition) is 3. The summed E-state index contributed by atoms with van der Waals surface area (Å²) in [5, 5.41) is 6.23. The van der Waals surface area contributed by atoms with Gasteiger partial charge in [-0.05, 0) is 12.6 Å². The summed E-state index contributed by atoms with van der Waals surface area (Å²) < 4.78 is 5.05. The van der Waals surface area contributed by atoms with Gasteiger partial charge in [-0.2, -0.15) is 0 Å². The molecule has 1 N–H and O–H groups in total. The molecule has 0 unspecified atom stereocenters. The van der Waals surface area contributed by atoms with Crippen molar-refractivity contribution in [3.05, 3.63) is 10.4 Å². The van der Waals surface area contributed by atoms with E-state index in [9.17, 15) is 0 Å². The van der Waals surface area contributed by atoms with E-state index in [1.807, 2.05) is 7.05 Å². The smallest absolute Gasteiger partial charge is 0.0590 e. The molecule has 0 amide bonds. The number of azide groups is 1. The van der Waals surface area contributed by atoms with Crippen LogP contribution in [-0.2, 0) is 4.74 Å². The fourth-order valence-corrected chi connectivity index (χ4v) is 0.426. The second kappa shape index (κ2) is 8.23. The first kappa shape index (κ1) is 9.23. The average Bonchev–Trinajstić information content (AvgIpc) is 1.97. The topological polar surface area (TPSA) is 70.0 Å². The van der Waals surface area contributed by atoms with E-state index >= 15 is 0 Å². The molecule has 0 fully saturated rings. The van der Waals surface area contributed by atoms with Crippen molar-refractivity contribution in [1.82, 2.24) is 5.32 Å². The maximum absolute atomic E-state index is 7.86. The van der Waals surface area contributed by atoms with Crippen molar-refractivity contribution >= 4 is 0 Å². The minimum absolute atomic E-state index is 0.417. The van der Waals surface area contributed by atoms with Gasteiger partial charge in [0, 0.05) is 18.0 Å². The van der Waals surface area contributed by atoms with Crippen LogP contribution in [0, 0.1) is 0 Å². The summed E-state index contributed by atoms with van der Waals surface area (Å²) in [5.74, 6) is 0. The van der Waals surface area contributed by atoms with E-state index in [4.69, 9.17) is 10.3 Å². The van der Waals surface area contributed by atoms with Crippen LogP contribution in [0.3, 0.4) is 0 Å². The van der Waals surface area contributed by atoms with Crippen LogP contribution >= 0.6 is 0 Å². The summed E-state index contributed by atoms with van der Waals surface area (Å²) in [7, 11) is 1.86. The molecule has 0 aliphatic heterocycles. The Balaban J connectivity index is 2.83. The molecular weight excluding hydrogens is 132 g/mol. The zero-order chi connectivity index (χ0) is 7.66. The Labute approximate surface area is 60.0 Å². The van der Waals surface area contributed by atoms with Crippen molar-refractivity contribution in [2.75, 3.05) is 33.4 Å². The maximum atomic E-state index is 7.86. The first-order chi connectivity index (χ1) is 4.91. The summed E-state index contributed by atoms with van der Waals surface area (Å²) in [5.41, 5.74) is 7.86. The van der Waals surface area contributed by atoms with Gasteiger partial charge in [-0.1, -0.05) is 5.11 Å². The molecule has 0 radical (unpaired) electrons. The van der Waals surface area contributed by atoms with Crippen molar-refractivity contribution in [3.63, 3.8) is 0 Å². The Morgan fingerprint density at radius 1 is 1.60 bits per heavy atom. The molecule has 0 aromatic carbocycles. The Bertz CT molecular complexity index is 110. The molecule has 0 saturated carbocycles. The van der Waals surface area contributed by atoms with Gasteiger partial charge in [-0.25, -0.2) is 0 Å². The van der Waals surface area contributed by atoms with Crippen LogP contribution in [0.2, 0.25) is 0 Å². The van der Waals surface area contributed by atoms with Gasteiger partial charge in [-0.3, -0.25) is 0 Å². The molecule has 0 saturated heterocycles. The van der Waals surface area contributed by atoms with E-state index in [1.165, 1.54) is 0 Å². The lowest BCUT2D eigenvalue weighted by atomic mass is 10.6. The second-order valence-corrected chi connectivity index (χ2v) is 1.67. The minimum Gasteiger partial charge on any atom is -0.380 e. The Morgan fingerprint density at radius 2 is 2.40 bits per heavy atom. The van der Waals surface area contributed by atoms with Crippen LogP contribution < -0.4 is 5.32 Å². The molecule has 0 aromatic rings. The fourth-order valence-electron chi connectivity index (χ4n) is 0.426. The largest absolute Gasteiger partial charge is 0.380 e. The molecular formula is C5H12N4O. The van der Waals surface area contributed by atoms with Crippen molar-refractivity contribution < 1.29 is 4.74 Å². The molecule has 0 bridgehead atoms. The lowest BCUT2D eigenvalue weighted by Gasteiger charge is -1.99. The molecule has 0 aromatic heterocycles. The molecule has 5 nitrogen and oxygen atoms in total. The molecule has 5 heteroatoms. The molecule has 0 aliphatic rings. The number of rotatable bonds is 6. The van der Waals surface area contributed by atoms with E-state index in [2.05, 4.69) is 15.3 Å². The van der Waals surface area contributed by atoms with Crippen molar-refractivity contribution in [3.8, 4) is 0 Å². The van der Waals surface area contributed by atoms with Gasteiger partial charge in [0.1, 0.15) is 0 Å². The van der Waals surface area contributed by atoms with E-state index in [0.717, 1.165) is 6.54 Å². The predicted molar refractivity (Wildman–Crippen MR) is 38.8 cm³/mol. The SMILES string of the molecule is CNCCOCCN=[N+]=[N-]. The van der Waals surface area contributed by atoms with E-state index in [0.29, 0.717) is 19.8 Å². The number of hydrogen-bond donors (Lipinski definition) is 1. The molecule has 0 heterocycles. The zero-order valence-corrected chi connectivity index (χ0v) is 6.08. The number of ether oxygens (including phenoxy) is 1. The predicted octanol–water partition coefficient (Wildman–Crippen LogP) is 0.533. The van der Waals surface area contributed by atoms with Crippen molar-refractivity contribution in [2.45, 2.75) is 0 Å². The monoisotopic (exact) mass is 144 g/mol. The Kier molecular flexibility index (Phi) is 7.60. The highest BCUT2D eigenvalue weighted by Gasteiger charge is 1.83. The molecule has 58 valence electrons. The average molecular weight is 144 g/mol. The molecule has 0 atom stereocenters. The van der Waals surface area contributed by atoms with Gasteiger partial charge < -0.3 is 10.1 Å². The highest BCUT2D eigenvalue weighted by atomic mass is 16.5. The number of nitrogens with zero attached hydrogens (tertiary/aromatic N) is 3. The van der Waals surface area contributed by atoms with Crippen LogP contribution in [0.15, 0.2) is 5.11 Å². The van der Waals surface area contributed by atoms with E-state index in [-0.39, 0.29) is 0 Å². The van der Waals surface area contributed by atoms with Gasteiger partial charge in [0.15, 0.2) is 0 Å². The molecule has 0 spiro atoms. The third-order valence-electron chi connectivity index (χ3n) is 0.895. The third kappa shape index (κ3) is 7.23. The lowest BCUT2D eigenvalue weighted by Crippen LogP contribution is -2.15. The number of nitrogens with one attached hydrogen (secondary N) is 1. The van der Waals surface area contributed by atoms with Crippen LogP contribution in [-0.4, -0.2) is 33.4 Å². The van der Waals surface area contributed by atoms with Crippen LogP contribution in [0.25, 0.3) is 10.4 Å². The highest BCUT2D eigenvalue weighted by molar-refractivity contribution is 4.44. The highest BCUT2D eigenvalue weighted by Crippen LogP contribution is 1.75. The normalized spacial score (nSPS) is 8.90. The Hall–Kier alpha value is -0.770. The van der Waals surface area contributed by atoms with Crippen molar-refractivity contribution in [1.29, 1.82) is 0 Å². The molecule has 0 rings (SSSR count). The number of likely N-dealkylation sites (N-methyl/N-ethyl adjacent to an activating group) is 1. The van der Waals surface area contributed by atoms with Gasteiger partial charge in [0.2, 0.25) is 0 Å². The van der Waals surface area contributed by atoms with Gasteiger partial charge in [0.25, 0.3) is 0 Å². The first-order valence-electron chi connectivity index (χ1n) is 3.15. The third-order valence-corrected chi connectivity index (χ3v) is 0.895. The van der Waals surface area contributed by atoms with Crippen LogP contribution in [0.1, 0.15) is 0 Å². The fraction of sp³-hybridized carbons (Fsp3) is 1.00. The Morgan fingerprint density at radius 3 is 3.00 bits per heavy atom. The quantitative estimate of drug-likeness (QED) is 0.256.